The highest BCUT2D eigenvalue weighted by Gasteiger charge is 2.27. The first-order chi connectivity index (χ1) is 11.2. The van der Waals surface area contributed by atoms with E-state index in [4.69, 9.17) is 5.73 Å². The Bertz CT molecular complexity index is 717. The van der Waals surface area contributed by atoms with Crippen molar-refractivity contribution in [1.29, 1.82) is 0 Å². The SMILES string of the molecule is Cl.NCCCCNC(=O)c1nn(-c2ccccc2F)c2c1CCC2. The van der Waals surface area contributed by atoms with Crippen LogP contribution in [-0.2, 0) is 12.8 Å². The average Bonchev–Trinajstić information content (AvgIpc) is 3.14. The van der Waals surface area contributed by atoms with E-state index in [-0.39, 0.29) is 24.1 Å². The van der Waals surface area contributed by atoms with Gasteiger partial charge in [0.25, 0.3) is 5.91 Å². The zero-order chi connectivity index (χ0) is 16.2. The second-order valence-electron chi connectivity index (χ2n) is 5.74. The van der Waals surface area contributed by atoms with Gasteiger partial charge in [-0.3, -0.25) is 4.79 Å². The summed E-state index contributed by atoms with van der Waals surface area (Å²) in [7, 11) is 0. The number of nitrogens with zero attached hydrogens (tertiary/aromatic N) is 2. The fourth-order valence-corrected chi connectivity index (χ4v) is 3.00. The molecular weight excluding hydrogens is 331 g/mol. The quantitative estimate of drug-likeness (QED) is 0.784. The Hall–Kier alpha value is -1.92. The number of nitrogens with one attached hydrogen (secondary N) is 1. The number of benzene rings is 1. The van der Waals surface area contributed by atoms with Gasteiger partial charge >= 0.3 is 0 Å². The summed E-state index contributed by atoms with van der Waals surface area (Å²) in [6, 6.07) is 6.51. The van der Waals surface area contributed by atoms with Crippen LogP contribution in [0.1, 0.15) is 41.0 Å². The van der Waals surface area contributed by atoms with Crippen molar-refractivity contribution in [3.05, 3.63) is 47.0 Å². The fourth-order valence-electron chi connectivity index (χ4n) is 3.00. The average molecular weight is 353 g/mol. The molecule has 0 atom stereocenters. The molecule has 1 aromatic carbocycles. The molecule has 0 aliphatic heterocycles. The number of rotatable bonds is 6. The molecular formula is C17H22ClFN4O. The van der Waals surface area contributed by atoms with E-state index in [0.717, 1.165) is 43.4 Å². The maximum absolute atomic E-state index is 14.1. The molecule has 1 amide bonds. The minimum Gasteiger partial charge on any atom is -0.351 e. The monoisotopic (exact) mass is 352 g/mol. The van der Waals surface area contributed by atoms with Crippen molar-refractivity contribution in [2.45, 2.75) is 32.1 Å². The molecule has 3 rings (SSSR count). The Labute approximate surface area is 146 Å². The Balaban J connectivity index is 0.00000208. The number of amides is 1. The topological polar surface area (TPSA) is 72.9 Å². The molecule has 0 unspecified atom stereocenters. The van der Waals surface area contributed by atoms with E-state index in [2.05, 4.69) is 10.4 Å². The van der Waals surface area contributed by atoms with Crippen molar-refractivity contribution in [2.24, 2.45) is 5.73 Å². The molecule has 0 fully saturated rings. The summed E-state index contributed by atoms with van der Waals surface area (Å²) >= 11 is 0. The van der Waals surface area contributed by atoms with E-state index in [1.165, 1.54) is 6.07 Å². The van der Waals surface area contributed by atoms with Gasteiger partial charge in [0.1, 0.15) is 11.5 Å². The lowest BCUT2D eigenvalue weighted by molar-refractivity contribution is 0.0946. The summed E-state index contributed by atoms with van der Waals surface area (Å²) in [4.78, 5) is 12.4. The molecule has 5 nitrogen and oxygen atoms in total. The van der Waals surface area contributed by atoms with Crippen LogP contribution >= 0.6 is 12.4 Å². The van der Waals surface area contributed by atoms with Crippen LogP contribution in [0.15, 0.2) is 24.3 Å². The third kappa shape index (κ3) is 3.60. The van der Waals surface area contributed by atoms with Crippen LogP contribution in [0.25, 0.3) is 5.69 Å². The van der Waals surface area contributed by atoms with Gasteiger partial charge in [-0.2, -0.15) is 5.10 Å². The number of halogens is 2. The molecule has 24 heavy (non-hydrogen) atoms. The van der Waals surface area contributed by atoms with Crippen molar-refractivity contribution in [3.63, 3.8) is 0 Å². The first-order valence-corrected chi connectivity index (χ1v) is 8.06. The predicted octanol–water partition coefficient (Wildman–Crippen LogP) is 2.39. The first kappa shape index (κ1) is 18.4. The van der Waals surface area contributed by atoms with E-state index >= 15 is 0 Å². The third-order valence-electron chi connectivity index (χ3n) is 4.14. The van der Waals surface area contributed by atoms with Gasteiger partial charge in [-0.05, 0) is 50.8 Å². The fraction of sp³-hybridized carbons (Fsp3) is 0.412. The Kier molecular flexibility index (Phi) is 6.34. The lowest BCUT2D eigenvalue weighted by atomic mass is 10.2. The van der Waals surface area contributed by atoms with Crippen molar-refractivity contribution in [1.82, 2.24) is 15.1 Å². The summed E-state index contributed by atoms with van der Waals surface area (Å²) in [6.07, 6.45) is 4.32. The van der Waals surface area contributed by atoms with E-state index < -0.39 is 0 Å². The number of carbonyl (C=O) groups excluding carboxylic acids is 1. The summed E-state index contributed by atoms with van der Waals surface area (Å²) in [5.41, 5.74) is 8.16. The minimum atomic E-state index is -0.334. The van der Waals surface area contributed by atoms with Gasteiger partial charge in [0.15, 0.2) is 5.69 Å². The van der Waals surface area contributed by atoms with Crippen LogP contribution in [0.3, 0.4) is 0 Å². The number of carbonyl (C=O) groups is 1. The highest BCUT2D eigenvalue weighted by atomic mass is 35.5. The second-order valence-corrected chi connectivity index (χ2v) is 5.74. The van der Waals surface area contributed by atoms with Gasteiger partial charge in [-0.15, -0.1) is 12.4 Å². The molecule has 130 valence electrons. The first-order valence-electron chi connectivity index (χ1n) is 8.06. The molecule has 1 aliphatic rings. The number of nitrogens with two attached hydrogens (primary N) is 1. The summed E-state index contributed by atoms with van der Waals surface area (Å²) in [5.74, 6) is -0.519. The normalized spacial score (nSPS) is 12.6. The van der Waals surface area contributed by atoms with Crippen molar-refractivity contribution >= 4 is 18.3 Å². The molecule has 0 saturated heterocycles. The number of unbranched alkanes of at least 4 members (excludes halogenated alkanes) is 1. The van der Waals surface area contributed by atoms with Gasteiger partial charge in [-0.25, -0.2) is 9.07 Å². The summed E-state index contributed by atoms with van der Waals surface area (Å²) in [6.45, 7) is 1.20. The van der Waals surface area contributed by atoms with Crippen LogP contribution in [0, 0.1) is 5.82 Å². The van der Waals surface area contributed by atoms with Crippen molar-refractivity contribution in [3.8, 4) is 5.69 Å². The van der Waals surface area contributed by atoms with Crippen LogP contribution < -0.4 is 11.1 Å². The van der Waals surface area contributed by atoms with Gasteiger partial charge in [0, 0.05) is 17.8 Å². The smallest absolute Gasteiger partial charge is 0.272 e. The molecule has 0 spiro atoms. The highest BCUT2D eigenvalue weighted by molar-refractivity contribution is 5.94. The van der Waals surface area contributed by atoms with Crippen molar-refractivity contribution in [2.75, 3.05) is 13.1 Å². The Morgan fingerprint density at radius 2 is 2.08 bits per heavy atom. The predicted molar refractivity (Wildman–Crippen MR) is 93.4 cm³/mol. The molecule has 1 aliphatic carbocycles. The Morgan fingerprint density at radius 1 is 1.29 bits per heavy atom. The Morgan fingerprint density at radius 3 is 2.83 bits per heavy atom. The number of hydrogen-bond donors (Lipinski definition) is 2. The van der Waals surface area contributed by atoms with Crippen molar-refractivity contribution < 1.29 is 9.18 Å². The number of fused-ring (bicyclic) bond motifs is 1. The van der Waals surface area contributed by atoms with Crippen LogP contribution in [-0.4, -0.2) is 28.8 Å². The van der Waals surface area contributed by atoms with Crippen LogP contribution in [0.4, 0.5) is 4.39 Å². The molecule has 1 aromatic heterocycles. The summed E-state index contributed by atoms with van der Waals surface area (Å²) in [5, 5.41) is 7.28. The number of hydrogen-bond acceptors (Lipinski definition) is 3. The largest absolute Gasteiger partial charge is 0.351 e. The van der Waals surface area contributed by atoms with Crippen LogP contribution in [0.2, 0.25) is 0 Å². The second kappa shape index (κ2) is 8.26. The van der Waals surface area contributed by atoms with Gasteiger partial charge < -0.3 is 11.1 Å². The maximum Gasteiger partial charge on any atom is 0.272 e. The van der Waals surface area contributed by atoms with Crippen LogP contribution in [0.5, 0.6) is 0 Å². The lowest BCUT2D eigenvalue weighted by Gasteiger charge is -2.06. The minimum absolute atomic E-state index is 0. The zero-order valence-electron chi connectivity index (χ0n) is 13.4. The molecule has 3 N–H and O–H groups in total. The van der Waals surface area contributed by atoms with E-state index in [1.807, 2.05) is 0 Å². The molecule has 0 bridgehead atoms. The molecule has 0 saturated carbocycles. The van der Waals surface area contributed by atoms with E-state index in [9.17, 15) is 9.18 Å². The van der Waals surface area contributed by atoms with E-state index in [1.54, 1.807) is 22.9 Å². The van der Waals surface area contributed by atoms with E-state index in [0.29, 0.717) is 24.5 Å². The molecule has 2 aromatic rings. The standard InChI is InChI=1S/C17H21FN4O.ClH/c18-13-7-1-2-8-15(13)22-14-9-5-6-12(14)16(21-22)17(23)20-11-4-3-10-19;/h1-2,7-8H,3-6,9-11,19H2,(H,20,23);1H. The number of para-hydroxylation sites is 1. The summed E-state index contributed by atoms with van der Waals surface area (Å²) < 4.78 is 15.7. The van der Waals surface area contributed by atoms with Gasteiger partial charge in [-0.1, -0.05) is 12.1 Å². The van der Waals surface area contributed by atoms with Gasteiger partial charge in [0.2, 0.25) is 0 Å². The number of aromatic nitrogens is 2. The van der Waals surface area contributed by atoms with Gasteiger partial charge in [0.05, 0.1) is 0 Å². The highest BCUT2D eigenvalue weighted by Crippen LogP contribution is 2.28. The lowest BCUT2D eigenvalue weighted by Crippen LogP contribution is -2.26. The molecule has 7 heteroatoms. The zero-order valence-corrected chi connectivity index (χ0v) is 14.2. The third-order valence-corrected chi connectivity index (χ3v) is 4.14. The maximum atomic E-state index is 14.1. The molecule has 1 heterocycles. The molecule has 0 radical (unpaired) electrons.